The van der Waals surface area contributed by atoms with E-state index in [1.165, 1.54) is 42.7 Å². The van der Waals surface area contributed by atoms with E-state index in [4.69, 9.17) is 0 Å². The number of nitrogens with zero attached hydrogens (tertiary/aromatic N) is 2. The molecule has 0 amide bonds. The molecule has 1 unspecified atom stereocenters. The third-order valence-electron chi connectivity index (χ3n) is 4.65. The molecule has 120 valence electrons. The molecule has 1 aliphatic rings. The van der Waals surface area contributed by atoms with Crippen molar-refractivity contribution in [3.63, 3.8) is 0 Å². The minimum Gasteiger partial charge on any atom is -0.309 e. The second kappa shape index (κ2) is 7.19. The molecule has 1 heterocycles. The molecule has 1 aliphatic carbocycles. The summed E-state index contributed by atoms with van der Waals surface area (Å²) >= 11 is 1.61. The molecule has 1 atom stereocenters. The van der Waals surface area contributed by atoms with E-state index in [-0.39, 0.29) is 5.41 Å². The monoisotopic (exact) mass is 309 g/mol. The van der Waals surface area contributed by atoms with Gasteiger partial charge in [0.15, 0.2) is 0 Å². The third kappa shape index (κ3) is 4.26. The summed E-state index contributed by atoms with van der Waals surface area (Å²) in [5.41, 5.74) is 1.27. The van der Waals surface area contributed by atoms with Gasteiger partial charge in [0.1, 0.15) is 0 Å². The molecule has 1 fully saturated rings. The van der Waals surface area contributed by atoms with Crippen LogP contribution in [0.1, 0.15) is 83.3 Å². The molecule has 1 saturated carbocycles. The maximum absolute atomic E-state index is 4.45. The molecule has 21 heavy (non-hydrogen) atoms. The van der Waals surface area contributed by atoms with Crippen molar-refractivity contribution in [2.45, 2.75) is 78.2 Å². The van der Waals surface area contributed by atoms with Crippen molar-refractivity contribution in [1.29, 1.82) is 0 Å². The molecule has 0 bridgehead atoms. The Balaban J connectivity index is 2.22. The van der Waals surface area contributed by atoms with E-state index in [0.29, 0.717) is 6.04 Å². The molecular formula is C17H31N3S. The van der Waals surface area contributed by atoms with Crippen molar-refractivity contribution in [1.82, 2.24) is 14.9 Å². The minimum atomic E-state index is 0.0798. The Kier molecular flexibility index (Phi) is 5.78. The Morgan fingerprint density at radius 3 is 2.48 bits per heavy atom. The Morgan fingerprint density at radius 1 is 1.24 bits per heavy atom. The smallest absolute Gasteiger partial charge is 0.0857 e. The maximum atomic E-state index is 4.45. The predicted octanol–water partition coefficient (Wildman–Crippen LogP) is 4.70. The van der Waals surface area contributed by atoms with Crippen LogP contribution in [0.3, 0.4) is 0 Å². The second-order valence-electron chi connectivity index (χ2n) is 7.69. The predicted molar refractivity (Wildman–Crippen MR) is 90.8 cm³/mol. The van der Waals surface area contributed by atoms with Gasteiger partial charge in [-0.1, -0.05) is 51.9 Å². The van der Waals surface area contributed by atoms with Gasteiger partial charge in [-0.05, 0) is 49.2 Å². The Labute approximate surface area is 134 Å². The van der Waals surface area contributed by atoms with Crippen molar-refractivity contribution >= 4 is 11.5 Å². The normalized spacial score (nSPS) is 25.0. The average Bonchev–Trinajstić information content (AvgIpc) is 2.90. The van der Waals surface area contributed by atoms with Gasteiger partial charge in [0.2, 0.25) is 0 Å². The van der Waals surface area contributed by atoms with Gasteiger partial charge in [0.05, 0.1) is 10.6 Å². The zero-order chi connectivity index (χ0) is 15.5. The molecule has 0 saturated heterocycles. The molecular weight excluding hydrogens is 278 g/mol. The van der Waals surface area contributed by atoms with Crippen molar-refractivity contribution in [3.8, 4) is 0 Å². The summed E-state index contributed by atoms with van der Waals surface area (Å²) in [6.07, 6.45) is 6.59. The number of hydrogen-bond donors (Lipinski definition) is 1. The van der Waals surface area contributed by atoms with Crippen LogP contribution < -0.4 is 5.32 Å². The Hall–Kier alpha value is -0.480. The fraction of sp³-hybridized carbons (Fsp3) is 0.882. The van der Waals surface area contributed by atoms with E-state index in [2.05, 4.69) is 49.5 Å². The molecule has 0 spiro atoms. The first-order chi connectivity index (χ1) is 9.93. The highest BCUT2D eigenvalue weighted by Gasteiger charge is 2.33. The van der Waals surface area contributed by atoms with Crippen molar-refractivity contribution in [2.24, 2.45) is 11.8 Å². The average molecular weight is 310 g/mol. The van der Waals surface area contributed by atoms with Gasteiger partial charge in [-0.2, -0.15) is 0 Å². The lowest BCUT2D eigenvalue weighted by atomic mass is 9.77. The lowest BCUT2D eigenvalue weighted by Crippen LogP contribution is -2.32. The largest absolute Gasteiger partial charge is 0.309 e. The molecule has 0 radical (unpaired) electrons. The lowest BCUT2D eigenvalue weighted by molar-refractivity contribution is 0.232. The molecule has 0 aromatic carbocycles. The highest BCUT2D eigenvalue weighted by Crippen LogP contribution is 2.40. The quantitative estimate of drug-likeness (QED) is 0.856. The SMILES string of the molecule is CCCNC(c1snnc1C(C)(C)C)C1CCC(C)CC1. The van der Waals surface area contributed by atoms with Gasteiger partial charge in [-0.15, -0.1) is 5.10 Å². The summed E-state index contributed by atoms with van der Waals surface area (Å²) in [4.78, 5) is 1.38. The molecule has 3 nitrogen and oxygen atoms in total. The summed E-state index contributed by atoms with van der Waals surface area (Å²) in [5.74, 6) is 1.64. The molecule has 1 N–H and O–H groups in total. The van der Waals surface area contributed by atoms with Gasteiger partial charge in [-0.3, -0.25) is 0 Å². The number of aromatic nitrogens is 2. The summed E-state index contributed by atoms with van der Waals surface area (Å²) in [6, 6.07) is 0.451. The van der Waals surface area contributed by atoms with Crippen molar-refractivity contribution in [3.05, 3.63) is 10.6 Å². The molecule has 4 heteroatoms. The summed E-state index contributed by atoms with van der Waals surface area (Å²) in [7, 11) is 0. The second-order valence-corrected chi connectivity index (χ2v) is 8.47. The topological polar surface area (TPSA) is 37.8 Å². The molecule has 1 aromatic rings. The van der Waals surface area contributed by atoms with E-state index in [0.717, 1.165) is 18.4 Å². The van der Waals surface area contributed by atoms with Crippen LogP contribution in [0.2, 0.25) is 0 Å². The lowest BCUT2D eigenvalue weighted by Gasteiger charge is -2.34. The van der Waals surface area contributed by atoms with Gasteiger partial charge in [0, 0.05) is 11.5 Å². The highest BCUT2D eigenvalue weighted by atomic mass is 32.1. The van der Waals surface area contributed by atoms with E-state index >= 15 is 0 Å². The minimum absolute atomic E-state index is 0.0798. The van der Waals surface area contributed by atoms with Crippen LogP contribution >= 0.6 is 11.5 Å². The zero-order valence-electron chi connectivity index (χ0n) is 14.3. The fourth-order valence-electron chi connectivity index (χ4n) is 3.31. The number of hydrogen-bond acceptors (Lipinski definition) is 4. The fourth-order valence-corrected chi connectivity index (χ4v) is 4.35. The third-order valence-corrected chi connectivity index (χ3v) is 5.46. The summed E-state index contributed by atoms with van der Waals surface area (Å²) < 4.78 is 4.28. The van der Waals surface area contributed by atoms with E-state index < -0.39 is 0 Å². The van der Waals surface area contributed by atoms with E-state index in [9.17, 15) is 0 Å². The Morgan fingerprint density at radius 2 is 1.90 bits per heavy atom. The maximum Gasteiger partial charge on any atom is 0.0857 e. The molecule has 0 aliphatic heterocycles. The van der Waals surface area contributed by atoms with Crippen LogP contribution in [0.5, 0.6) is 0 Å². The zero-order valence-corrected chi connectivity index (χ0v) is 15.1. The van der Waals surface area contributed by atoms with Crippen LogP contribution in [-0.4, -0.2) is 16.1 Å². The standard InChI is InChI=1S/C17H31N3S/c1-6-11-18-14(13-9-7-12(2)8-10-13)15-16(17(3,4)5)19-20-21-15/h12-14,18H,6-11H2,1-5H3. The Bertz CT molecular complexity index is 427. The molecule has 2 rings (SSSR count). The van der Waals surface area contributed by atoms with Crippen LogP contribution in [0.4, 0.5) is 0 Å². The van der Waals surface area contributed by atoms with Crippen LogP contribution in [-0.2, 0) is 5.41 Å². The van der Waals surface area contributed by atoms with Crippen molar-refractivity contribution in [2.75, 3.05) is 6.54 Å². The van der Waals surface area contributed by atoms with E-state index in [1.54, 1.807) is 11.5 Å². The van der Waals surface area contributed by atoms with Gasteiger partial charge >= 0.3 is 0 Å². The summed E-state index contributed by atoms with van der Waals surface area (Å²) in [6.45, 7) is 12.4. The first kappa shape index (κ1) is 16.9. The van der Waals surface area contributed by atoms with Crippen LogP contribution in [0.25, 0.3) is 0 Å². The number of rotatable bonds is 5. The van der Waals surface area contributed by atoms with Crippen LogP contribution in [0, 0.1) is 11.8 Å². The van der Waals surface area contributed by atoms with E-state index in [1.807, 2.05) is 0 Å². The molecule has 1 aromatic heterocycles. The summed E-state index contributed by atoms with van der Waals surface area (Å²) in [5, 5.41) is 8.25. The first-order valence-corrected chi connectivity index (χ1v) is 9.27. The highest BCUT2D eigenvalue weighted by molar-refractivity contribution is 7.05. The van der Waals surface area contributed by atoms with Crippen LogP contribution in [0.15, 0.2) is 0 Å². The van der Waals surface area contributed by atoms with Gasteiger partial charge in [0.25, 0.3) is 0 Å². The number of nitrogens with one attached hydrogen (secondary N) is 1. The first-order valence-electron chi connectivity index (χ1n) is 8.49. The van der Waals surface area contributed by atoms with Gasteiger partial charge < -0.3 is 5.32 Å². The van der Waals surface area contributed by atoms with Crippen molar-refractivity contribution < 1.29 is 0 Å². The van der Waals surface area contributed by atoms with Gasteiger partial charge in [-0.25, -0.2) is 0 Å².